The van der Waals surface area contributed by atoms with E-state index in [2.05, 4.69) is 31.7 Å². The molecule has 1 fully saturated rings. The van der Waals surface area contributed by atoms with Crippen molar-refractivity contribution in [1.82, 2.24) is 0 Å². The zero-order chi connectivity index (χ0) is 8.55. The fraction of sp³-hybridized carbons (Fsp3) is 0.818. The van der Waals surface area contributed by atoms with Gasteiger partial charge < -0.3 is 0 Å². The highest BCUT2D eigenvalue weighted by molar-refractivity contribution is 8.03. The second kappa shape index (κ2) is 3.45. The van der Waals surface area contributed by atoms with Gasteiger partial charge in [-0.1, -0.05) is 19.4 Å². The number of hydrogen-bond donors (Lipinski definition) is 0. The smallest absolute Gasteiger partial charge is 0.0154 e. The molecule has 0 bridgehead atoms. The van der Waals surface area contributed by atoms with E-state index in [0.717, 1.165) is 17.1 Å². The maximum atomic E-state index is 2.51. The molecule has 0 aromatic heterocycles. The van der Waals surface area contributed by atoms with Crippen LogP contribution in [0, 0.1) is 11.8 Å². The lowest BCUT2D eigenvalue weighted by Gasteiger charge is -2.30. The van der Waals surface area contributed by atoms with Gasteiger partial charge in [0.15, 0.2) is 0 Å². The molecule has 1 aliphatic carbocycles. The minimum atomic E-state index is 0.925. The molecule has 0 saturated heterocycles. The maximum absolute atomic E-state index is 2.51. The van der Waals surface area contributed by atoms with Crippen molar-refractivity contribution in [2.24, 2.45) is 11.8 Å². The van der Waals surface area contributed by atoms with Crippen molar-refractivity contribution < 1.29 is 0 Å². The molecule has 3 unspecified atom stereocenters. The first kappa shape index (κ1) is 8.68. The van der Waals surface area contributed by atoms with Gasteiger partial charge in [0.05, 0.1) is 0 Å². The first-order chi connectivity index (χ1) is 5.79. The Morgan fingerprint density at radius 1 is 1.50 bits per heavy atom. The SMILES string of the molecule is CCC1CCC2SC(C)=CC2C1. The van der Waals surface area contributed by atoms with Crippen LogP contribution in [0.25, 0.3) is 0 Å². The molecule has 1 saturated carbocycles. The lowest BCUT2D eigenvalue weighted by Crippen LogP contribution is -2.22. The Morgan fingerprint density at radius 3 is 3.08 bits per heavy atom. The minimum absolute atomic E-state index is 0.925. The van der Waals surface area contributed by atoms with Crippen LogP contribution < -0.4 is 0 Å². The zero-order valence-electron chi connectivity index (χ0n) is 8.05. The molecular formula is C11H18S. The van der Waals surface area contributed by atoms with Gasteiger partial charge in [-0.05, 0) is 42.9 Å². The van der Waals surface area contributed by atoms with Gasteiger partial charge in [-0.2, -0.15) is 0 Å². The first-order valence-corrected chi connectivity index (χ1v) is 6.02. The number of rotatable bonds is 1. The second-order valence-electron chi connectivity index (χ2n) is 4.18. The highest BCUT2D eigenvalue weighted by atomic mass is 32.2. The summed E-state index contributed by atoms with van der Waals surface area (Å²) in [6.07, 6.45) is 8.30. The zero-order valence-corrected chi connectivity index (χ0v) is 8.86. The molecule has 1 heteroatoms. The van der Waals surface area contributed by atoms with E-state index in [1.165, 1.54) is 25.7 Å². The van der Waals surface area contributed by atoms with Gasteiger partial charge in [0.1, 0.15) is 0 Å². The fourth-order valence-electron chi connectivity index (χ4n) is 2.54. The molecule has 0 nitrogen and oxygen atoms in total. The topological polar surface area (TPSA) is 0 Å². The Hall–Kier alpha value is 0.0900. The summed E-state index contributed by atoms with van der Waals surface area (Å²) in [5.74, 6) is 1.95. The summed E-state index contributed by atoms with van der Waals surface area (Å²) in [5, 5.41) is 0.952. The third-order valence-corrected chi connectivity index (χ3v) is 4.70. The second-order valence-corrected chi connectivity index (χ2v) is 5.67. The summed E-state index contributed by atoms with van der Waals surface area (Å²) in [5.41, 5.74) is 0. The van der Waals surface area contributed by atoms with E-state index >= 15 is 0 Å². The molecule has 68 valence electrons. The molecular weight excluding hydrogens is 164 g/mol. The summed E-state index contributed by atoms with van der Waals surface area (Å²) >= 11 is 2.12. The highest BCUT2D eigenvalue weighted by Gasteiger charge is 2.32. The molecule has 0 amide bonds. The summed E-state index contributed by atoms with van der Waals surface area (Å²) in [4.78, 5) is 1.57. The van der Waals surface area contributed by atoms with Gasteiger partial charge in [-0.15, -0.1) is 11.8 Å². The minimum Gasteiger partial charge on any atom is -0.127 e. The van der Waals surface area contributed by atoms with Crippen molar-refractivity contribution in [3.05, 3.63) is 11.0 Å². The average Bonchev–Trinajstić information content (AvgIpc) is 2.43. The summed E-state index contributed by atoms with van der Waals surface area (Å²) in [6, 6.07) is 0. The van der Waals surface area contributed by atoms with Crippen LogP contribution in [0.4, 0.5) is 0 Å². The molecule has 0 spiro atoms. The first-order valence-electron chi connectivity index (χ1n) is 5.14. The number of fused-ring (bicyclic) bond motifs is 1. The molecule has 1 heterocycles. The Kier molecular flexibility index (Phi) is 2.49. The lowest BCUT2D eigenvalue weighted by molar-refractivity contribution is 0.308. The number of allylic oxidation sites excluding steroid dienone is 2. The van der Waals surface area contributed by atoms with Gasteiger partial charge in [0.2, 0.25) is 0 Å². The predicted molar refractivity (Wildman–Crippen MR) is 56.3 cm³/mol. The molecule has 3 atom stereocenters. The highest BCUT2D eigenvalue weighted by Crippen LogP contribution is 2.46. The standard InChI is InChI=1S/C11H18S/c1-3-9-4-5-11-10(7-9)6-8(2)12-11/h6,9-11H,3-5,7H2,1-2H3. The van der Waals surface area contributed by atoms with E-state index < -0.39 is 0 Å². The summed E-state index contributed by atoms with van der Waals surface area (Å²) in [7, 11) is 0. The normalized spacial score (nSPS) is 40.8. The molecule has 0 N–H and O–H groups in total. The van der Waals surface area contributed by atoms with Gasteiger partial charge in [0, 0.05) is 5.25 Å². The Morgan fingerprint density at radius 2 is 2.33 bits per heavy atom. The monoisotopic (exact) mass is 182 g/mol. The Balaban J connectivity index is 1.99. The van der Waals surface area contributed by atoms with Crippen LogP contribution >= 0.6 is 11.8 Å². The Bertz CT molecular complexity index is 195. The van der Waals surface area contributed by atoms with Gasteiger partial charge in [-0.3, -0.25) is 0 Å². The fourth-order valence-corrected chi connectivity index (χ4v) is 3.89. The molecule has 1 aliphatic heterocycles. The van der Waals surface area contributed by atoms with E-state index in [0.29, 0.717) is 0 Å². The van der Waals surface area contributed by atoms with E-state index in [4.69, 9.17) is 0 Å². The van der Waals surface area contributed by atoms with Crippen molar-refractivity contribution in [3.8, 4) is 0 Å². The average molecular weight is 182 g/mol. The third-order valence-electron chi connectivity index (χ3n) is 3.31. The number of hydrogen-bond acceptors (Lipinski definition) is 1. The van der Waals surface area contributed by atoms with Crippen molar-refractivity contribution >= 4 is 11.8 Å². The van der Waals surface area contributed by atoms with E-state index in [1.54, 1.807) is 4.91 Å². The van der Waals surface area contributed by atoms with Crippen LogP contribution in [0.2, 0.25) is 0 Å². The Labute approximate surface area is 79.8 Å². The van der Waals surface area contributed by atoms with Crippen molar-refractivity contribution in [2.45, 2.75) is 44.8 Å². The number of thioether (sulfide) groups is 1. The van der Waals surface area contributed by atoms with Gasteiger partial charge in [0.25, 0.3) is 0 Å². The largest absolute Gasteiger partial charge is 0.127 e. The van der Waals surface area contributed by atoms with Gasteiger partial charge >= 0.3 is 0 Å². The third kappa shape index (κ3) is 1.56. The molecule has 12 heavy (non-hydrogen) atoms. The van der Waals surface area contributed by atoms with Crippen LogP contribution in [0.5, 0.6) is 0 Å². The van der Waals surface area contributed by atoms with Crippen molar-refractivity contribution in [1.29, 1.82) is 0 Å². The quantitative estimate of drug-likeness (QED) is 0.594. The molecule has 2 aliphatic rings. The predicted octanol–water partition coefficient (Wildman–Crippen LogP) is 3.83. The van der Waals surface area contributed by atoms with Crippen molar-refractivity contribution in [2.75, 3.05) is 0 Å². The summed E-state index contributed by atoms with van der Waals surface area (Å²) in [6.45, 7) is 4.60. The van der Waals surface area contributed by atoms with Crippen LogP contribution in [0.15, 0.2) is 11.0 Å². The van der Waals surface area contributed by atoms with E-state index in [1.807, 2.05) is 0 Å². The molecule has 2 rings (SSSR count). The molecule has 0 radical (unpaired) electrons. The molecule has 0 aromatic carbocycles. The van der Waals surface area contributed by atoms with E-state index in [9.17, 15) is 0 Å². The lowest BCUT2D eigenvalue weighted by atomic mass is 9.80. The van der Waals surface area contributed by atoms with Gasteiger partial charge in [-0.25, -0.2) is 0 Å². The molecule has 0 aromatic rings. The van der Waals surface area contributed by atoms with Crippen LogP contribution in [0.3, 0.4) is 0 Å². The summed E-state index contributed by atoms with van der Waals surface area (Å²) < 4.78 is 0. The van der Waals surface area contributed by atoms with Crippen LogP contribution in [-0.4, -0.2) is 5.25 Å². The van der Waals surface area contributed by atoms with Crippen molar-refractivity contribution in [3.63, 3.8) is 0 Å². The van der Waals surface area contributed by atoms with Crippen LogP contribution in [0.1, 0.15) is 39.5 Å². The van der Waals surface area contributed by atoms with E-state index in [-0.39, 0.29) is 0 Å². The maximum Gasteiger partial charge on any atom is 0.0154 e. The van der Waals surface area contributed by atoms with Crippen LogP contribution in [-0.2, 0) is 0 Å².